The molecule has 0 saturated heterocycles. The summed E-state index contributed by atoms with van der Waals surface area (Å²) in [5.41, 5.74) is 2.87. The van der Waals surface area contributed by atoms with Crippen molar-refractivity contribution in [1.82, 2.24) is 10.2 Å². The van der Waals surface area contributed by atoms with Crippen molar-refractivity contribution < 1.29 is 14.5 Å². The summed E-state index contributed by atoms with van der Waals surface area (Å²) in [5.74, 6) is 0.0216. The molecule has 0 saturated carbocycles. The van der Waals surface area contributed by atoms with Gasteiger partial charge in [0.15, 0.2) is 6.54 Å². The van der Waals surface area contributed by atoms with Gasteiger partial charge in [-0.25, -0.2) is 0 Å². The molecule has 2 amide bonds. The van der Waals surface area contributed by atoms with Crippen LogP contribution in [-0.4, -0.2) is 44.4 Å². The second-order valence-electron chi connectivity index (χ2n) is 6.32. The molecule has 0 aromatic heterocycles. The number of carbonyl (C=O) groups is 2. The maximum atomic E-state index is 12.4. The molecule has 0 aliphatic rings. The van der Waals surface area contributed by atoms with Crippen molar-refractivity contribution in [2.75, 3.05) is 27.7 Å². The van der Waals surface area contributed by atoms with Crippen molar-refractivity contribution in [2.24, 2.45) is 0 Å². The fourth-order valence-electron chi connectivity index (χ4n) is 2.67. The number of hydrogen-bond donors (Lipinski definition) is 2. The molecule has 0 aliphatic heterocycles. The lowest BCUT2D eigenvalue weighted by molar-refractivity contribution is -0.885. The van der Waals surface area contributed by atoms with E-state index in [1.54, 1.807) is 11.9 Å². The molecule has 0 aliphatic carbocycles. The second kappa shape index (κ2) is 8.99. The zero-order chi connectivity index (χ0) is 18.2. The van der Waals surface area contributed by atoms with Gasteiger partial charge in [-0.2, -0.15) is 0 Å². The summed E-state index contributed by atoms with van der Waals surface area (Å²) in [5, 5.41) is 2.61. The molecule has 2 aromatic rings. The van der Waals surface area contributed by atoms with E-state index < -0.39 is 0 Å². The maximum absolute atomic E-state index is 12.4. The maximum Gasteiger partial charge on any atom is 0.277 e. The summed E-state index contributed by atoms with van der Waals surface area (Å²) in [6.07, 6.45) is 0. The number of rotatable bonds is 7. The van der Waals surface area contributed by atoms with Crippen LogP contribution in [0, 0.1) is 0 Å². The number of carbonyl (C=O) groups excluding carboxylic acids is 2. The van der Waals surface area contributed by atoms with E-state index in [1.165, 1.54) is 0 Å². The van der Waals surface area contributed by atoms with E-state index in [0.717, 1.165) is 22.6 Å². The Hall–Kier alpha value is -2.66. The Morgan fingerprint density at radius 2 is 1.64 bits per heavy atom. The van der Waals surface area contributed by atoms with Gasteiger partial charge in [-0.05, 0) is 17.7 Å². The Balaban J connectivity index is 1.85. The van der Waals surface area contributed by atoms with Crippen molar-refractivity contribution in [2.45, 2.75) is 13.1 Å². The summed E-state index contributed by atoms with van der Waals surface area (Å²) >= 11 is 0. The SMILES string of the molecule is CNC(=O)c1ccc(C[NH+](C)CC(=O)N(C)Cc2ccccc2)cc1. The second-order valence-corrected chi connectivity index (χ2v) is 6.32. The van der Waals surface area contributed by atoms with Gasteiger partial charge >= 0.3 is 0 Å². The Morgan fingerprint density at radius 1 is 1.00 bits per heavy atom. The Kier molecular flexibility index (Phi) is 6.71. The molecule has 0 spiro atoms. The third-order valence-corrected chi connectivity index (χ3v) is 4.09. The molecule has 0 radical (unpaired) electrons. The zero-order valence-corrected chi connectivity index (χ0v) is 15.1. The highest BCUT2D eigenvalue weighted by Gasteiger charge is 2.15. The minimum Gasteiger partial charge on any atom is -0.355 e. The van der Waals surface area contributed by atoms with E-state index in [0.29, 0.717) is 18.7 Å². The molecule has 0 heterocycles. The first-order chi connectivity index (χ1) is 12.0. The minimum atomic E-state index is -0.0926. The summed E-state index contributed by atoms with van der Waals surface area (Å²) in [4.78, 5) is 26.8. The third-order valence-electron chi connectivity index (χ3n) is 4.09. The van der Waals surface area contributed by atoms with Crippen LogP contribution in [0.1, 0.15) is 21.5 Å². The average molecular weight is 340 g/mol. The van der Waals surface area contributed by atoms with Gasteiger partial charge in [-0.15, -0.1) is 0 Å². The molecule has 0 fully saturated rings. The van der Waals surface area contributed by atoms with Crippen LogP contribution < -0.4 is 10.2 Å². The quantitative estimate of drug-likeness (QED) is 0.780. The Labute approximate surface area is 149 Å². The highest BCUT2D eigenvalue weighted by Crippen LogP contribution is 2.04. The minimum absolute atomic E-state index is 0.0926. The number of nitrogens with one attached hydrogen (secondary N) is 2. The van der Waals surface area contributed by atoms with Crippen LogP contribution in [0.15, 0.2) is 54.6 Å². The predicted molar refractivity (Wildman–Crippen MR) is 98.2 cm³/mol. The van der Waals surface area contributed by atoms with Gasteiger partial charge in [0.1, 0.15) is 6.54 Å². The van der Waals surface area contributed by atoms with E-state index in [2.05, 4.69) is 5.32 Å². The highest BCUT2D eigenvalue weighted by atomic mass is 16.2. The molecule has 2 rings (SSSR count). The van der Waals surface area contributed by atoms with Crippen molar-refractivity contribution in [3.8, 4) is 0 Å². The van der Waals surface area contributed by atoms with Gasteiger partial charge in [0.2, 0.25) is 0 Å². The van der Waals surface area contributed by atoms with E-state index in [9.17, 15) is 9.59 Å². The van der Waals surface area contributed by atoms with Gasteiger partial charge in [0.05, 0.1) is 7.05 Å². The molecule has 5 nitrogen and oxygen atoms in total. The average Bonchev–Trinajstić information content (AvgIpc) is 2.62. The van der Waals surface area contributed by atoms with E-state index in [-0.39, 0.29) is 11.8 Å². The summed E-state index contributed by atoms with van der Waals surface area (Å²) < 4.78 is 0. The lowest BCUT2D eigenvalue weighted by Crippen LogP contribution is -3.08. The Morgan fingerprint density at radius 3 is 2.24 bits per heavy atom. The molecule has 5 heteroatoms. The third kappa shape index (κ3) is 5.72. The number of nitrogens with zero attached hydrogens (tertiary/aromatic N) is 1. The Bertz CT molecular complexity index is 699. The predicted octanol–water partition coefficient (Wildman–Crippen LogP) is 0.720. The van der Waals surface area contributed by atoms with Gasteiger partial charge in [0, 0.05) is 31.8 Å². The molecular weight excluding hydrogens is 314 g/mol. The first kappa shape index (κ1) is 18.7. The van der Waals surface area contributed by atoms with Gasteiger partial charge in [0.25, 0.3) is 11.8 Å². The van der Waals surface area contributed by atoms with Crippen molar-refractivity contribution in [3.63, 3.8) is 0 Å². The molecule has 0 bridgehead atoms. The molecule has 2 aromatic carbocycles. The molecule has 1 atom stereocenters. The molecule has 25 heavy (non-hydrogen) atoms. The van der Waals surface area contributed by atoms with Crippen LogP contribution in [0.25, 0.3) is 0 Å². The van der Waals surface area contributed by atoms with Gasteiger partial charge in [-0.1, -0.05) is 42.5 Å². The lowest BCUT2D eigenvalue weighted by Gasteiger charge is -2.20. The summed E-state index contributed by atoms with van der Waals surface area (Å²) in [6.45, 7) is 1.78. The fourth-order valence-corrected chi connectivity index (χ4v) is 2.67. The standard InChI is InChI=1S/C20H25N3O2/c1-21-20(25)18-11-9-17(10-12-18)13-22(2)15-19(24)23(3)14-16-7-5-4-6-8-16/h4-12H,13-15H2,1-3H3,(H,21,25)/p+1. The van der Waals surface area contributed by atoms with Crippen LogP contribution in [-0.2, 0) is 17.9 Å². The van der Waals surface area contributed by atoms with Crippen LogP contribution in [0.4, 0.5) is 0 Å². The van der Waals surface area contributed by atoms with Crippen molar-refractivity contribution in [1.29, 1.82) is 0 Å². The highest BCUT2D eigenvalue weighted by molar-refractivity contribution is 5.93. The van der Waals surface area contributed by atoms with Gasteiger partial charge < -0.3 is 15.1 Å². The van der Waals surface area contributed by atoms with E-state index in [4.69, 9.17) is 0 Å². The summed E-state index contributed by atoms with van der Waals surface area (Å²) in [6, 6.07) is 17.5. The van der Waals surface area contributed by atoms with E-state index >= 15 is 0 Å². The number of benzene rings is 2. The first-order valence-electron chi connectivity index (χ1n) is 8.40. The lowest BCUT2D eigenvalue weighted by atomic mass is 10.1. The monoisotopic (exact) mass is 340 g/mol. The van der Waals surface area contributed by atoms with Crippen LogP contribution in [0.5, 0.6) is 0 Å². The largest absolute Gasteiger partial charge is 0.355 e. The van der Waals surface area contributed by atoms with Crippen LogP contribution >= 0.6 is 0 Å². The normalized spacial score (nSPS) is 11.6. The van der Waals surface area contributed by atoms with Crippen LogP contribution in [0.2, 0.25) is 0 Å². The number of likely N-dealkylation sites (N-methyl/N-ethyl adjacent to an activating group) is 2. The molecule has 132 valence electrons. The van der Waals surface area contributed by atoms with Gasteiger partial charge in [-0.3, -0.25) is 9.59 Å². The van der Waals surface area contributed by atoms with Crippen LogP contribution in [0.3, 0.4) is 0 Å². The molecule has 1 unspecified atom stereocenters. The summed E-state index contributed by atoms with van der Waals surface area (Å²) in [7, 11) is 5.45. The number of hydrogen-bond acceptors (Lipinski definition) is 2. The zero-order valence-electron chi connectivity index (χ0n) is 15.1. The molecular formula is C20H26N3O2+. The first-order valence-corrected chi connectivity index (χ1v) is 8.40. The molecule has 2 N–H and O–H groups in total. The number of amides is 2. The fraction of sp³-hybridized carbons (Fsp3) is 0.300. The van der Waals surface area contributed by atoms with E-state index in [1.807, 2.05) is 68.7 Å². The topological polar surface area (TPSA) is 53.9 Å². The smallest absolute Gasteiger partial charge is 0.277 e. The van der Waals surface area contributed by atoms with Crippen molar-refractivity contribution >= 4 is 11.8 Å². The number of quaternary nitrogens is 1. The van der Waals surface area contributed by atoms with Crippen molar-refractivity contribution in [3.05, 3.63) is 71.3 Å².